The van der Waals surface area contributed by atoms with Gasteiger partial charge in [-0.05, 0) is 18.2 Å². The number of nitrogens with one attached hydrogen (secondary N) is 1. The molecule has 0 unspecified atom stereocenters. The third-order valence-electron chi connectivity index (χ3n) is 3.14. The molecule has 10 heteroatoms. The third-order valence-corrected chi connectivity index (χ3v) is 3.14. The lowest BCUT2D eigenvalue weighted by Crippen LogP contribution is -2.18. The normalized spacial score (nSPS) is 10.6. The Labute approximate surface area is 138 Å². The van der Waals surface area contributed by atoms with Crippen molar-refractivity contribution < 1.29 is 22.6 Å². The Morgan fingerprint density at radius 3 is 2.36 bits per heavy atom. The van der Waals surface area contributed by atoms with Crippen molar-refractivity contribution in [3.63, 3.8) is 0 Å². The highest BCUT2D eigenvalue weighted by atomic mass is 19.4. The monoisotopic (exact) mass is 350 g/mol. The summed E-state index contributed by atoms with van der Waals surface area (Å²) in [6.45, 7) is 0. The van der Waals surface area contributed by atoms with Crippen LogP contribution in [0.25, 0.3) is 11.1 Å². The van der Waals surface area contributed by atoms with Crippen molar-refractivity contribution in [2.45, 2.75) is 6.36 Å². The Bertz CT molecular complexity index is 968. The van der Waals surface area contributed by atoms with E-state index >= 15 is 0 Å². The van der Waals surface area contributed by atoms with E-state index in [4.69, 9.17) is 10.5 Å². The van der Waals surface area contributed by atoms with Crippen LogP contribution >= 0.6 is 0 Å². The molecule has 1 heterocycles. The Morgan fingerprint density at radius 2 is 1.84 bits per heavy atom. The molecule has 0 radical (unpaired) electrons. The van der Waals surface area contributed by atoms with Gasteiger partial charge in [0.1, 0.15) is 40.6 Å². The first-order valence-electron chi connectivity index (χ1n) is 6.52. The van der Waals surface area contributed by atoms with Crippen molar-refractivity contribution in [1.29, 1.82) is 10.5 Å². The van der Waals surface area contributed by atoms with Gasteiger partial charge in [-0.25, -0.2) is 0 Å². The fraction of sp³-hybridized carbons (Fsp3) is 0.133. The second-order valence-corrected chi connectivity index (χ2v) is 4.63. The topological polar surface area (TPSA) is 125 Å². The van der Waals surface area contributed by atoms with Crippen LogP contribution < -0.4 is 20.8 Å². The van der Waals surface area contributed by atoms with Crippen LogP contribution in [0.3, 0.4) is 0 Å². The van der Waals surface area contributed by atoms with E-state index in [9.17, 15) is 28.5 Å². The average Bonchev–Trinajstić information content (AvgIpc) is 2.52. The molecule has 128 valence electrons. The molecule has 0 bridgehead atoms. The van der Waals surface area contributed by atoms with Gasteiger partial charge in [0, 0.05) is 11.1 Å². The molecule has 3 N–H and O–H groups in total. The molecule has 0 fully saturated rings. The third kappa shape index (κ3) is 3.48. The molecule has 2 aromatic rings. The number of ether oxygens (including phenoxy) is 2. The van der Waals surface area contributed by atoms with Crippen molar-refractivity contribution in [2.75, 3.05) is 12.8 Å². The summed E-state index contributed by atoms with van der Waals surface area (Å²) >= 11 is 0. The summed E-state index contributed by atoms with van der Waals surface area (Å²) in [4.78, 5) is 14.1. The minimum Gasteiger partial charge on any atom is -0.496 e. The highest BCUT2D eigenvalue weighted by Gasteiger charge is 2.32. The van der Waals surface area contributed by atoms with E-state index in [1.54, 1.807) is 12.1 Å². The molecule has 0 aliphatic heterocycles. The number of aromatic amines is 1. The van der Waals surface area contributed by atoms with Crippen LogP contribution in [0.15, 0.2) is 23.0 Å². The van der Waals surface area contributed by atoms with Gasteiger partial charge in [-0.1, -0.05) is 0 Å². The van der Waals surface area contributed by atoms with Crippen LogP contribution in [-0.4, -0.2) is 18.5 Å². The fourth-order valence-corrected chi connectivity index (χ4v) is 2.19. The molecule has 0 aliphatic rings. The van der Waals surface area contributed by atoms with Crippen molar-refractivity contribution in [1.82, 2.24) is 4.98 Å². The van der Waals surface area contributed by atoms with Crippen molar-refractivity contribution in [3.05, 3.63) is 39.7 Å². The molecule has 2 rings (SSSR count). The summed E-state index contributed by atoms with van der Waals surface area (Å²) in [5, 5.41) is 18.5. The quantitative estimate of drug-likeness (QED) is 0.875. The molecule has 0 saturated heterocycles. The Balaban J connectivity index is 2.86. The number of methoxy groups -OCH3 is 1. The molecule has 0 atom stereocenters. The second kappa shape index (κ2) is 6.45. The minimum atomic E-state index is -4.95. The van der Waals surface area contributed by atoms with Crippen LogP contribution in [0, 0.1) is 22.7 Å². The van der Waals surface area contributed by atoms with E-state index in [2.05, 4.69) is 9.72 Å². The largest absolute Gasteiger partial charge is 0.573 e. The molecule has 1 aromatic heterocycles. The first kappa shape index (κ1) is 17.7. The van der Waals surface area contributed by atoms with Gasteiger partial charge in [-0.2, -0.15) is 10.5 Å². The van der Waals surface area contributed by atoms with E-state index < -0.39 is 23.2 Å². The fourth-order valence-electron chi connectivity index (χ4n) is 2.19. The summed E-state index contributed by atoms with van der Waals surface area (Å²) < 4.78 is 46.2. The summed E-state index contributed by atoms with van der Waals surface area (Å²) in [6, 6.07) is 6.38. The number of nitrogen functional groups attached to an aromatic ring is 1. The number of hydrogen-bond acceptors (Lipinski definition) is 6. The number of H-pyrrole nitrogens is 1. The van der Waals surface area contributed by atoms with E-state index in [1.165, 1.54) is 7.11 Å². The molecule has 7 nitrogen and oxygen atoms in total. The zero-order chi connectivity index (χ0) is 18.8. The van der Waals surface area contributed by atoms with Crippen LogP contribution in [-0.2, 0) is 0 Å². The van der Waals surface area contributed by atoms with E-state index in [0.717, 1.165) is 18.2 Å². The van der Waals surface area contributed by atoms with Crippen molar-refractivity contribution in [2.24, 2.45) is 0 Å². The number of halogens is 3. The number of rotatable bonds is 3. The van der Waals surface area contributed by atoms with Gasteiger partial charge in [0.15, 0.2) is 0 Å². The molecule has 25 heavy (non-hydrogen) atoms. The molecule has 1 aromatic carbocycles. The van der Waals surface area contributed by atoms with Gasteiger partial charge >= 0.3 is 6.36 Å². The van der Waals surface area contributed by atoms with Crippen LogP contribution in [0.2, 0.25) is 0 Å². The first-order chi connectivity index (χ1) is 11.7. The predicted octanol–water partition coefficient (Wildman–Crippen LogP) is 2.27. The Kier molecular flexibility index (Phi) is 4.57. The standard InChI is InChI=1S/C15H9F3N4O3/c1-24-11-3-2-7(25-15(16,17)18)4-8(11)12-9(5-19)13(21)22-14(23)10(12)6-20/h2-4H,1H3,(H3,21,22,23). The zero-order valence-electron chi connectivity index (χ0n) is 12.6. The molecule has 0 aliphatic carbocycles. The van der Waals surface area contributed by atoms with E-state index in [1.807, 2.05) is 0 Å². The number of hydrogen-bond donors (Lipinski definition) is 2. The molecular formula is C15H9F3N4O3. The van der Waals surface area contributed by atoms with E-state index in [-0.39, 0.29) is 28.3 Å². The number of nitriles is 2. The van der Waals surface area contributed by atoms with Crippen LogP contribution in [0.4, 0.5) is 19.0 Å². The number of alkyl halides is 3. The van der Waals surface area contributed by atoms with Gasteiger partial charge in [0.25, 0.3) is 5.56 Å². The van der Waals surface area contributed by atoms with Gasteiger partial charge in [0.2, 0.25) is 0 Å². The number of anilines is 1. The van der Waals surface area contributed by atoms with Gasteiger partial charge in [-0.15, -0.1) is 13.2 Å². The summed E-state index contributed by atoms with van der Waals surface area (Å²) in [5.41, 5.74) is 3.57. The maximum absolute atomic E-state index is 12.4. The smallest absolute Gasteiger partial charge is 0.496 e. The minimum absolute atomic E-state index is 0.0209. The number of aromatic nitrogens is 1. The molecular weight excluding hydrogens is 341 g/mol. The SMILES string of the molecule is COc1ccc(OC(F)(F)F)cc1-c1c(C#N)c(N)[nH]c(=O)c1C#N. The summed E-state index contributed by atoms with van der Waals surface area (Å²) in [5.74, 6) is -0.923. The average molecular weight is 350 g/mol. The number of nitrogens with zero attached hydrogens (tertiary/aromatic N) is 2. The maximum Gasteiger partial charge on any atom is 0.573 e. The highest BCUT2D eigenvalue weighted by Crippen LogP contribution is 2.38. The molecule has 0 amide bonds. The number of pyridine rings is 1. The second-order valence-electron chi connectivity index (χ2n) is 4.63. The van der Waals surface area contributed by atoms with E-state index in [0.29, 0.717) is 0 Å². The molecule has 0 spiro atoms. The summed E-state index contributed by atoms with van der Waals surface area (Å²) in [7, 11) is 1.23. The van der Waals surface area contributed by atoms with Gasteiger partial charge < -0.3 is 20.2 Å². The zero-order valence-corrected chi connectivity index (χ0v) is 12.6. The highest BCUT2D eigenvalue weighted by molar-refractivity contribution is 5.84. The van der Waals surface area contributed by atoms with Crippen LogP contribution in [0.1, 0.15) is 11.1 Å². The first-order valence-corrected chi connectivity index (χ1v) is 6.52. The Hall–Kier alpha value is -3.66. The van der Waals surface area contributed by atoms with Crippen molar-refractivity contribution in [3.8, 4) is 34.8 Å². The maximum atomic E-state index is 12.4. The Morgan fingerprint density at radius 1 is 1.20 bits per heavy atom. The van der Waals surface area contributed by atoms with Gasteiger partial charge in [-0.3, -0.25) is 4.79 Å². The lowest BCUT2D eigenvalue weighted by Gasteiger charge is -2.15. The molecule has 0 saturated carbocycles. The lowest BCUT2D eigenvalue weighted by atomic mass is 9.95. The number of nitrogens with two attached hydrogens (primary N) is 1. The van der Waals surface area contributed by atoms with Crippen LogP contribution in [0.5, 0.6) is 11.5 Å². The predicted molar refractivity (Wildman–Crippen MR) is 79.6 cm³/mol. The van der Waals surface area contributed by atoms with Crippen molar-refractivity contribution >= 4 is 5.82 Å². The lowest BCUT2D eigenvalue weighted by molar-refractivity contribution is -0.274. The summed E-state index contributed by atoms with van der Waals surface area (Å²) in [6.07, 6.45) is -4.95. The number of benzene rings is 1. The van der Waals surface area contributed by atoms with Gasteiger partial charge in [0.05, 0.1) is 7.11 Å².